The van der Waals surface area contributed by atoms with E-state index in [-0.39, 0.29) is 0 Å². The van der Waals surface area contributed by atoms with Crippen molar-refractivity contribution < 1.29 is 4.74 Å². The number of aromatic nitrogens is 1. The van der Waals surface area contributed by atoms with E-state index in [1.807, 2.05) is 0 Å². The summed E-state index contributed by atoms with van der Waals surface area (Å²) in [6, 6.07) is 4.98. The van der Waals surface area contributed by atoms with Crippen LogP contribution in [0.1, 0.15) is 0 Å². The van der Waals surface area contributed by atoms with Crippen LogP contribution in [0.15, 0.2) is 24.4 Å². The summed E-state index contributed by atoms with van der Waals surface area (Å²) in [7, 11) is 1.50. The van der Waals surface area contributed by atoms with Crippen molar-refractivity contribution in [3.05, 3.63) is 44.5 Å². The third-order valence-corrected chi connectivity index (χ3v) is 3.60. The summed E-state index contributed by atoms with van der Waals surface area (Å²) in [5.74, 6) is 0.352. The van der Waals surface area contributed by atoms with E-state index in [9.17, 15) is 0 Å². The molecule has 1 aromatic carbocycles. The number of hydrogen-bond acceptors (Lipinski definition) is 2. The van der Waals surface area contributed by atoms with E-state index < -0.39 is 0 Å². The van der Waals surface area contributed by atoms with Crippen LogP contribution in [-0.2, 0) is 0 Å². The van der Waals surface area contributed by atoms with Crippen LogP contribution in [0.2, 0.25) is 20.1 Å². The van der Waals surface area contributed by atoms with Crippen molar-refractivity contribution >= 4 is 46.4 Å². The van der Waals surface area contributed by atoms with E-state index >= 15 is 0 Å². The Hall–Kier alpha value is -0.670. The lowest BCUT2D eigenvalue weighted by Crippen LogP contribution is -1.90. The molecule has 0 atom stereocenters. The summed E-state index contributed by atoms with van der Waals surface area (Å²) in [6.07, 6.45) is 1.60. The van der Waals surface area contributed by atoms with E-state index in [0.717, 1.165) is 5.56 Å². The predicted molar refractivity (Wildman–Crippen MR) is 76.3 cm³/mol. The van der Waals surface area contributed by atoms with E-state index in [1.165, 1.54) is 7.11 Å². The lowest BCUT2D eigenvalue weighted by atomic mass is 10.1. The average Bonchev–Trinajstić information content (AvgIpc) is 2.33. The molecule has 0 aliphatic rings. The second kappa shape index (κ2) is 5.54. The molecular weight excluding hydrogens is 316 g/mol. The third-order valence-electron chi connectivity index (χ3n) is 2.30. The van der Waals surface area contributed by atoms with Crippen molar-refractivity contribution in [1.29, 1.82) is 0 Å². The Morgan fingerprint density at radius 2 is 1.72 bits per heavy atom. The minimum atomic E-state index is 0.352. The van der Waals surface area contributed by atoms with Crippen molar-refractivity contribution in [3.63, 3.8) is 0 Å². The van der Waals surface area contributed by atoms with Gasteiger partial charge in [0.2, 0.25) is 5.88 Å². The topological polar surface area (TPSA) is 22.1 Å². The summed E-state index contributed by atoms with van der Waals surface area (Å²) >= 11 is 24.1. The van der Waals surface area contributed by atoms with Gasteiger partial charge in [0, 0.05) is 22.3 Å². The molecule has 94 valence electrons. The highest BCUT2D eigenvalue weighted by atomic mass is 35.5. The molecule has 0 aliphatic heterocycles. The number of halogens is 4. The molecule has 6 heteroatoms. The van der Waals surface area contributed by atoms with Crippen LogP contribution in [0.5, 0.6) is 5.88 Å². The first-order chi connectivity index (χ1) is 8.52. The third kappa shape index (κ3) is 2.67. The largest absolute Gasteiger partial charge is 0.480 e. The Bertz CT molecular complexity index is 601. The minimum Gasteiger partial charge on any atom is -0.480 e. The molecule has 0 radical (unpaired) electrons. The van der Waals surface area contributed by atoms with Crippen molar-refractivity contribution in [2.45, 2.75) is 0 Å². The van der Waals surface area contributed by atoms with Crippen LogP contribution in [0, 0.1) is 0 Å². The molecule has 0 unspecified atom stereocenters. The zero-order valence-corrected chi connectivity index (χ0v) is 12.2. The van der Waals surface area contributed by atoms with Gasteiger partial charge in [-0.2, -0.15) is 0 Å². The standard InChI is InChI=1S/C12H7Cl4NO/c1-18-12-10(15)2-6(5-17-12)8-3-7(13)4-9(14)11(8)16/h2-5H,1H3. The Kier molecular flexibility index (Phi) is 4.23. The first kappa shape index (κ1) is 13.8. The smallest absolute Gasteiger partial charge is 0.232 e. The molecule has 2 nitrogen and oxygen atoms in total. The van der Waals surface area contributed by atoms with E-state index in [0.29, 0.717) is 31.5 Å². The van der Waals surface area contributed by atoms with Gasteiger partial charge >= 0.3 is 0 Å². The van der Waals surface area contributed by atoms with Gasteiger partial charge in [-0.1, -0.05) is 46.4 Å². The predicted octanol–water partition coefficient (Wildman–Crippen LogP) is 5.37. The molecule has 1 heterocycles. The normalized spacial score (nSPS) is 10.5. The summed E-state index contributed by atoms with van der Waals surface area (Å²) < 4.78 is 4.99. The molecule has 0 fully saturated rings. The molecule has 2 aromatic rings. The Labute approximate surface area is 124 Å². The maximum absolute atomic E-state index is 6.13. The highest BCUT2D eigenvalue weighted by Crippen LogP contribution is 2.37. The maximum Gasteiger partial charge on any atom is 0.232 e. The molecule has 18 heavy (non-hydrogen) atoms. The number of rotatable bonds is 2. The first-order valence-corrected chi connectivity index (χ1v) is 6.38. The van der Waals surface area contributed by atoms with Crippen LogP contribution >= 0.6 is 46.4 Å². The maximum atomic E-state index is 6.13. The number of hydrogen-bond donors (Lipinski definition) is 0. The number of ether oxygens (including phenoxy) is 1. The zero-order chi connectivity index (χ0) is 13.3. The van der Waals surface area contributed by atoms with Crippen LogP contribution in [0.4, 0.5) is 0 Å². The molecule has 2 rings (SSSR count). The van der Waals surface area contributed by atoms with Crippen molar-refractivity contribution in [1.82, 2.24) is 4.98 Å². The van der Waals surface area contributed by atoms with Gasteiger partial charge in [0.15, 0.2) is 0 Å². The second-order valence-electron chi connectivity index (χ2n) is 3.46. The monoisotopic (exact) mass is 321 g/mol. The fourth-order valence-corrected chi connectivity index (χ4v) is 2.44. The quantitative estimate of drug-likeness (QED) is 0.693. The molecule has 0 N–H and O–H groups in total. The number of methoxy groups -OCH3 is 1. The number of pyridine rings is 1. The van der Waals surface area contributed by atoms with Crippen LogP contribution in [-0.4, -0.2) is 12.1 Å². The van der Waals surface area contributed by atoms with Gasteiger partial charge in [0.25, 0.3) is 0 Å². The Morgan fingerprint density at radius 1 is 1.00 bits per heavy atom. The average molecular weight is 323 g/mol. The molecule has 0 aliphatic carbocycles. The van der Waals surface area contributed by atoms with Gasteiger partial charge < -0.3 is 4.74 Å². The van der Waals surface area contributed by atoms with Crippen LogP contribution < -0.4 is 4.74 Å². The fraction of sp³-hybridized carbons (Fsp3) is 0.0833. The molecule has 0 saturated heterocycles. The lowest BCUT2D eigenvalue weighted by Gasteiger charge is -2.08. The van der Waals surface area contributed by atoms with Crippen LogP contribution in [0.25, 0.3) is 11.1 Å². The van der Waals surface area contributed by atoms with Crippen molar-refractivity contribution in [2.75, 3.05) is 7.11 Å². The molecule has 0 saturated carbocycles. The SMILES string of the molecule is COc1ncc(-c2cc(Cl)cc(Cl)c2Cl)cc1Cl. The summed E-state index contributed by atoms with van der Waals surface area (Å²) in [6.45, 7) is 0. The van der Waals surface area contributed by atoms with E-state index in [4.69, 9.17) is 51.1 Å². The van der Waals surface area contributed by atoms with Gasteiger partial charge in [-0.3, -0.25) is 0 Å². The number of benzene rings is 1. The first-order valence-electron chi connectivity index (χ1n) is 4.87. The Morgan fingerprint density at radius 3 is 2.33 bits per heavy atom. The van der Waals surface area contributed by atoms with Gasteiger partial charge in [0.05, 0.1) is 17.2 Å². The summed E-state index contributed by atoms with van der Waals surface area (Å²) in [5, 5.41) is 1.67. The van der Waals surface area contributed by atoms with Gasteiger partial charge in [-0.25, -0.2) is 4.98 Å². The van der Waals surface area contributed by atoms with Crippen molar-refractivity contribution in [2.24, 2.45) is 0 Å². The van der Waals surface area contributed by atoms with Gasteiger partial charge in [-0.05, 0) is 18.2 Å². The van der Waals surface area contributed by atoms with Crippen molar-refractivity contribution in [3.8, 4) is 17.0 Å². The molecule has 1 aromatic heterocycles. The molecule has 0 amide bonds. The summed E-state index contributed by atoms with van der Waals surface area (Å²) in [5.41, 5.74) is 1.39. The number of nitrogens with zero attached hydrogens (tertiary/aromatic N) is 1. The highest BCUT2D eigenvalue weighted by Gasteiger charge is 2.12. The lowest BCUT2D eigenvalue weighted by molar-refractivity contribution is 0.398. The van der Waals surface area contributed by atoms with Gasteiger partial charge in [0.1, 0.15) is 5.02 Å². The summed E-state index contributed by atoms with van der Waals surface area (Å²) in [4.78, 5) is 4.07. The van der Waals surface area contributed by atoms with E-state index in [2.05, 4.69) is 4.98 Å². The van der Waals surface area contributed by atoms with Crippen LogP contribution in [0.3, 0.4) is 0 Å². The highest BCUT2D eigenvalue weighted by molar-refractivity contribution is 6.45. The zero-order valence-electron chi connectivity index (χ0n) is 9.18. The second-order valence-corrected chi connectivity index (χ2v) is 5.09. The molecule has 0 spiro atoms. The minimum absolute atomic E-state index is 0.352. The van der Waals surface area contributed by atoms with Gasteiger partial charge in [-0.15, -0.1) is 0 Å². The molecular formula is C12H7Cl4NO. The Balaban J connectivity index is 2.58. The fourth-order valence-electron chi connectivity index (χ4n) is 1.49. The van der Waals surface area contributed by atoms with E-state index in [1.54, 1.807) is 24.4 Å². The molecule has 0 bridgehead atoms.